The average Bonchev–Trinajstić information content (AvgIpc) is 2.91. The van der Waals surface area contributed by atoms with Crippen LogP contribution in [0.25, 0.3) is 0 Å². The van der Waals surface area contributed by atoms with Crippen molar-refractivity contribution < 1.29 is 4.74 Å². The first-order chi connectivity index (χ1) is 8.88. The molecule has 1 heterocycles. The molecule has 1 aliphatic heterocycles. The molecule has 1 heteroatoms. The second-order valence-corrected chi connectivity index (χ2v) is 5.00. The minimum absolute atomic E-state index is 1.00. The Balaban J connectivity index is 0.000000157. The standard InChI is InChI=1S/C9H10.C5H10O.C3H8/c1-2-5-9-7-3-6-8(9)4-1;1-2-4-6-5-3-1;1-3-2/h1-2,4-5H,3,6-7H2;1-5H2;3H2,1-2H3. The number of hydrogen-bond donors (Lipinski definition) is 0. The molecular formula is C17H28O. The molecule has 0 radical (unpaired) electrons. The molecular weight excluding hydrogens is 220 g/mol. The monoisotopic (exact) mass is 248 g/mol. The van der Waals surface area contributed by atoms with Gasteiger partial charge in [0.05, 0.1) is 0 Å². The molecule has 1 saturated heterocycles. The van der Waals surface area contributed by atoms with E-state index in [1.807, 2.05) is 0 Å². The zero-order valence-corrected chi connectivity index (χ0v) is 12.1. The van der Waals surface area contributed by atoms with Crippen LogP contribution in [0.3, 0.4) is 0 Å². The Morgan fingerprint density at radius 3 is 1.67 bits per heavy atom. The first kappa shape index (κ1) is 15.2. The molecule has 0 aromatic heterocycles. The van der Waals surface area contributed by atoms with Crippen molar-refractivity contribution in [3.8, 4) is 0 Å². The summed E-state index contributed by atoms with van der Waals surface area (Å²) in [6.45, 7) is 6.25. The number of rotatable bonds is 0. The van der Waals surface area contributed by atoms with E-state index in [0.29, 0.717) is 0 Å². The van der Waals surface area contributed by atoms with E-state index >= 15 is 0 Å². The fourth-order valence-corrected chi connectivity index (χ4v) is 2.20. The molecule has 0 bridgehead atoms. The van der Waals surface area contributed by atoms with Gasteiger partial charge in [0.25, 0.3) is 0 Å². The van der Waals surface area contributed by atoms with Crippen LogP contribution in [0, 0.1) is 0 Å². The van der Waals surface area contributed by atoms with Crippen molar-refractivity contribution in [2.24, 2.45) is 0 Å². The van der Waals surface area contributed by atoms with Crippen LogP contribution in [0.5, 0.6) is 0 Å². The highest BCUT2D eigenvalue weighted by atomic mass is 16.5. The lowest BCUT2D eigenvalue weighted by Gasteiger charge is -2.08. The topological polar surface area (TPSA) is 9.23 Å². The maximum absolute atomic E-state index is 5.07. The zero-order valence-electron chi connectivity index (χ0n) is 12.1. The molecule has 2 aliphatic rings. The number of hydrogen-bond acceptors (Lipinski definition) is 1. The van der Waals surface area contributed by atoms with E-state index in [4.69, 9.17) is 4.74 Å². The molecule has 0 N–H and O–H groups in total. The molecule has 0 spiro atoms. The molecule has 3 rings (SSSR count). The number of fused-ring (bicyclic) bond motifs is 1. The Labute approximate surface area is 113 Å². The van der Waals surface area contributed by atoms with Gasteiger partial charge in [-0.3, -0.25) is 0 Å². The van der Waals surface area contributed by atoms with Gasteiger partial charge >= 0.3 is 0 Å². The van der Waals surface area contributed by atoms with Crippen LogP contribution >= 0.6 is 0 Å². The van der Waals surface area contributed by atoms with Gasteiger partial charge in [0, 0.05) is 13.2 Å². The molecule has 0 amide bonds. The fourth-order valence-electron chi connectivity index (χ4n) is 2.20. The van der Waals surface area contributed by atoms with E-state index in [1.54, 1.807) is 11.1 Å². The lowest BCUT2D eigenvalue weighted by molar-refractivity contribution is 0.0968. The lowest BCUT2D eigenvalue weighted by atomic mass is 10.1. The van der Waals surface area contributed by atoms with E-state index in [2.05, 4.69) is 38.1 Å². The summed E-state index contributed by atoms with van der Waals surface area (Å²) in [4.78, 5) is 0. The van der Waals surface area contributed by atoms with Gasteiger partial charge in [-0.15, -0.1) is 0 Å². The first-order valence-electron chi connectivity index (χ1n) is 7.53. The van der Waals surface area contributed by atoms with E-state index in [9.17, 15) is 0 Å². The van der Waals surface area contributed by atoms with Crippen molar-refractivity contribution in [1.29, 1.82) is 0 Å². The lowest BCUT2D eigenvalue weighted by Crippen LogP contribution is -2.03. The van der Waals surface area contributed by atoms with Crippen molar-refractivity contribution in [3.63, 3.8) is 0 Å². The Bertz CT molecular complexity index is 268. The Morgan fingerprint density at radius 2 is 1.33 bits per heavy atom. The molecule has 1 nitrogen and oxygen atoms in total. The third-order valence-corrected chi connectivity index (χ3v) is 3.09. The smallest absolute Gasteiger partial charge is 0.0466 e. The van der Waals surface area contributed by atoms with Gasteiger partial charge in [-0.1, -0.05) is 44.5 Å². The van der Waals surface area contributed by atoms with E-state index < -0.39 is 0 Å². The molecule has 1 aromatic carbocycles. The summed E-state index contributed by atoms with van der Waals surface area (Å²) >= 11 is 0. The van der Waals surface area contributed by atoms with Crippen molar-refractivity contribution in [2.75, 3.05) is 13.2 Å². The number of ether oxygens (including phenoxy) is 1. The van der Waals surface area contributed by atoms with Crippen LogP contribution in [-0.4, -0.2) is 13.2 Å². The number of aryl methyl sites for hydroxylation is 2. The Kier molecular flexibility index (Phi) is 8.58. The van der Waals surface area contributed by atoms with Crippen LogP contribution in [0.2, 0.25) is 0 Å². The van der Waals surface area contributed by atoms with Gasteiger partial charge in [-0.25, -0.2) is 0 Å². The largest absolute Gasteiger partial charge is 0.381 e. The van der Waals surface area contributed by atoms with Crippen LogP contribution in [0.1, 0.15) is 57.1 Å². The fraction of sp³-hybridized carbons (Fsp3) is 0.647. The zero-order chi connectivity index (χ0) is 13.1. The minimum atomic E-state index is 1.00. The maximum Gasteiger partial charge on any atom is 0.0466 e. The maximum atomic E-state index is 5.07. The quantitative estimate of drug-likeness (QED) is 0.642. The van der Waals surface area contributed by atoms with Gasteiger partial charge in [0.1, 0.15) is 0 Å². The predicted octanol–water partition coefficient (Wildman–Crippen LogP) is 4.78. The molecule has 1 fully saturated rings. The highest BCUT2D eigenvalue weighted by molar-refractivity contribution is 5.30. The van der Waals surface area contributed by atoms with Gasteiger partial charge in [0.15, 0.2) is 0 Å². The normalized spacial score (nSPS) is 16.8. The Morgan fingerprint density at radius 1 is 0.833 bits per heavy atom. The molecule has 0 unspecified atom stereocenters. The second kappa shape index (κ2) is 10.1. The minimum Gasteiger partial charge on any atom is -0.381 e. The average molecular weight is 248 g/mol. The summed E-state index contributed by atoms with van der Waals surface area (Å²) in [5.74, 6) is 0. The summed E-state index contributed by atoms with van der Waals surface area (Å²) in [6, 6.07) is 8.74. The van der Waals surface area contributed by atoms with Crippen LogP contribution in [-0.2, 0) is 17.6 Å². The Hall–Kier alpha value is -0.820. The summed E-state index contributed by atoms with van der Waals surface area (Å²) in [7, 11) is 0. The van der Waals surface area contributed by atoms with E-state index in [0.717, 1.165) is 13.2 Å². The van der Waals surface area contributed by atoms with Crippen LogP contribution < -0.4 is 0 Å². The third kappa shape index (κ3) is 6.20. The first-order valence-corrected chi connectivity index (χ1v) is 7.53. The summed E-state index contributed by atoms with van der Waals surface area (Å²) < 4.78 is 5.07. The van der Waals surface area contributed by atoms with Gasteiger partial charge < -0.3 is 4.74 Å². The predicted molar refractivity (Wildman–Crippen MR) is 79.1 cm³/mol. The van der Waals surface area contributed by atoms with Crippen molar-refractivity contribution in [2.45, 2.75) is 58.8 Å². The molecule has 18 heavy (non-hydrogen) atoms. The van der Waals surface area contributed by atoms with Crippen molar-refractivity contribution in [3.05, 3.63) is 35.4 Å². The van der Waals surface area contributed by atoms with E-state index in [1.165, 1.54) is 44.9 Å². The SMILES string of the molecule is C1CCOCC1.CCC.c1ccc2c(c1)CCC2. The number of benzene rings is 1. The molecule has 0 atom stereocenters. The van der Waals surface area contributed by atoms with Gasteiger partial charge in [0.2, 0.25) is 0 Å². The molecule has 102 valence electrons. The third-order valence-electron chi connectivity index (χ3n) is 3.09. The summed E-state index contributed by atoms with van der Waals surface area (Å²) in [5, 5.41) is 0. The molecule has 1 aromatic rings. The van der Waals surface area contributed by atoms with Crippen LogP contribution in [0.4, 0.5) is 0 Å². The second-order valence-electron chi connectivity index (χ2n) is 5.00. The molecule has 0 saturated carbocycles. The highest BCUT2D eigenvalue weighted by Gasteiger charge is 2.07. The van der Waals surface area contributed by atoms with Crippen molar-refractivity contribution >= 4 is 0 Å². The summed E-state index contributed by atoms with van der Waals surface area (Å²) in [6.07, 6.45) is 9.14. The van der Waals surface area contributed by atoms with Crippen molar-refractivity contribution in [1.82, 2.24) is 0 Å². The molecule has 1 aliphatic carbocycles. The van der Waals surface area contributed by atoms with Gasteiger partial charge in [-0.2, -0.15) is 0 Å². The van der Waals surface area contributed by atoms with Crippen LogP contribution in [0.15, 0.2) is 24.3 Å². The highest BCUT2D eigenvalue weighted by Crippen LogP contribution is 2.20. The van der Waals surface area contributed by atoms with Gasteiger partial charge in [-0.05, 0) is 49.7 Å². The van der Waals surface area contributed by atoms with E-state index in [-0.39, 0.29) is 0 Å². The summed E-state index contributed by atoms with van der Waals surface area (Å²) in [5.41, 5.74) is 3.13.